The van der Waals surface area contributed by atoms with Crippen molar-refractivity contribution in [3.05, 3.63) is 54.9 Å². The van der Waals surface area contributed by atoms with Gasteiger partial charge >= 0.3 is 0 Å². The highest BCUT2D eigenvalue weighted by Gasteiger charge is 2.21. The Balaban J connectivity index is 2.45. The van der Waals surface area contributed by atoms with Crippen LogP contribution < -0.4 is 5.32 Å². The first-order valence-corrected chi connectivity index (χ1v) is 8.52. The van der Waals surface area contributed by atoms with Gasteiger partial charge in [-0.05, 0) is 47.1 Å². The Labute approximate surface area is 136 Å². The van der Waals surface area contributed by atoms with E-state index in [-0.39, 0.29) is 16.9 Å². The zero-order valence-electron chi connectivity index (χ0n) is 11.3. The molecule has 1 aromatic heterocycles. The minimum absolute atomic E-state index is 0.137. The second kappa shape index (κ2) is 7.03. The fourth-order valence-electron chi connectivity index (χ4n) is 2.07. The van der Waals surface area contributed by atoms with Gasteiger partial charge in [-0.15, -0.1) is 11.3 Å². The molecule has 1 N–H and O–H groups in total. The molecule has 0 amide bonds. The summed E-state index contributed by atoms with van der Waals surface area (Å²) in [4.78, 5) is 2.41. The number of halogens is 3. The summed E-state index contributed by atoms with van der Waals surface area (Å²) in [5.41, 5.74) is 0.588. The molecular weight excluding hydrogens is 361 g/mol. The second-order valence-electron chi connectivity index (χ2n) is 4.41. The fourth-order valence-corrected chi connectivity index (χ4v) is 3.60. The van der Waals surface area contributed by atoms with Gasteiger partial charge in [-0.1, -0.05) is 31.5 Å². The minimum Gasteiger partial charge on any atom is -0.306 e. The minimum atomic E-state index is -0.363. The predicted molar refractivity (Wildman–Crippen MR) is 88.3 cm³/mol. The van der Waals surface area contributed by atoms with Crippen LogP contribution in [0.3, 0.4) is 0 Å². The van der Waals surface area contributed by atoms with Crippen LogP contribution in [0.25, 0.3) is 0 Å². The second-order valence-corrected chi connectivity index (χ2v) is 6.85. The molecule has 20 heavy (non-hydrogen) atoms. The Morgan fingerprint density at radius 2 is 2.05 bits per heavy atom. The molecule has 0 bridgehead atoms. The number of benzene rings is 1. The summed E-state index contributed by atoms with van der Waals surface area (Å²) in [5.74, 6) is -0.363. The first kappa shape index (κ1) is 16.0. The molecule has 0 aliphatic carbocycles. The summed E-state index contributed by atoms with van der Waals surface area (Å²) in [6, 6.07) is 7.58. The van der Waals surface area contributed by atoms with E-state index in [4.69, 9.17) is 11.6 Å². The zero-order chi connectivity index (χ0) is 14.7. The average molecular weight is 377 g/mol. The Kier molecular flexibility index (Phi) is 5.61. The smallest absolute Gasteiger partial charge is 0.148 e. The number of nitrogens with one attached hydrogen (secondary N) is 1. The maximum absolute atomic E-state index is 14.4. The number of aryl methyl sites for hydroxylation is 1. The number of rotatable bonds is 5. The van der Waals surface area contributed by atoms with Gasteiger partial charge in [0.1, 0.15) is 5.82 Å². The van der Waals surface area contributed by atoms with Crippen LogP contribution in [0.5, 0.6) is 0 Å². The van der Waals surface area contributed by atoms with E-state index < -0.39 is 0 Å². The molecule has 0 saturated heterocycles. The van der Waals surface area contributed by atoms with E-state index in [2.05, 4.69) is 40.3 Å². The summed E-state index contributed by atoms with van der Waals surface area (Å²) in [5, 5.41) is 3.47. The van der Waals surface area contributed by atoms with Gasteiger partial charge in [0.2, 0.25) is 0 Å². The Bertz CT molecular complexity index is 600. The van der Waals surface area contributed by atoms with Crippen molar-refractivity contribution in [2.75, 3.05) is 6.54 Å². The first-order valence-electron chi connectivity index (χ1n) is 6.53. The number of thiophene rings is 1. The topological polar surface area (TPSA) is 12.0 Å². The summed E-state index contributed by atoms with van der Waals surface area (Å²) in [7, 11) is 0. The van der Waals surface area contributed by atoms with Crippen molar-refractivity contribution in [2.24, 2.45) is 0 Å². The molecule has 0 spiro atoms. The van der Waals surface area contributed by atoms with Gasteiger partial charge in [-0.25, -0.2) is 4.39 Å². The summed E-state index contributed by atoms with van der Waals surface area (Å²) < 4.78 is 15.0. The van der Waals surface area contributed by atoms with Crippen molar-refractivity contribution < 1.29 is 4.39 Å². The first-order chi connectivity index (χ1) is 9.58. The van der Waals surface area contributed by atoms with E-state index in [1.165, 1.54) is 4.88 Å². The molecule has 0 fully saturated rings. The van der Waals surface area contributed by atoms with Crippen molar-refractivity contribution in [1.29, 1.82) is 0 Å². The average Bonchev–Trinajstić information content (AvgIpc) is 2.92. The molecule has 0 saturated carbocycles. The third-order valence-corrected chi connectivity index (χ3v) is 5.65. The van der Waals surface area contributed by atoms with E-state index >= 15 is 0 Å². The Morgan fingerprint density at radius 3 is 2.65 bits per heavy atom. The van der Waals surface area contributed by atoms with Gasteiger partial charge < -0.3 is 5.32 Å². The molecule has 5 heteroatoms. The summed E-state index contributed by atoms with van der Waals surface area (Å²) in [6.45, 7) is 4.89. The zero-order valence-corrected chi connectivity index (χ0v) is 14.5. The summed E-state index contributed by atoms with van der Waals surface area (Å²) >= 11 is 11.0. The molecule has 0 radical (unpaired) electrons. The van der Waals surface area contributed by atoms with Crippen LogP contribution in [-0.2, 0) is 6.42 Å². The third-order valence-electron chi connectivity index (χ3n) is 3.10. The largest absolute Gasteiger partial charge is 0.306 e. The lowest BCUT2D eigenvalue weighted by molar-refractivity contribution is 0.563. The molecule has 1 nitrogen and oxygen atoms in total. The van der Waals surface area contributed by atoms with Crippen molar-refractivity contribution in [3.63, 3.8) is 0 Å². The van der Waals surface area contributed by atoms with Crippen LogP contribution in [0, 0.1) is 5.82 Å². The van der Waals surface area contributed by atoms with Crippen LogP contribution in [0.15, 0.2) is 28.7 Å². The monoisotopic (exact) mass is 375 g/mol. The van der Waals surface area contributed by atoms with Gasteiger partial charge in [0.25, 0.3) is 0 Å². The van der Waals surface area contributed by atoms with Crippen LogP contribution in [0.1, 0.15) is 35.2 Å². The van der Waals surface area contributed by atoms with Crippen LogP contribution in [0.2, 0.25) is 5.02 Å². The van der Waals surface area contributed by atoms with Gasteiger partial charge in [0.15, 0.2) is 0 Å². The van der Waals surface area contributed by atoms with Crippen molar-refractivity contribution in [1.82, 2.24) is 5.32 Å². The number of hydrogen-bond acceptors (Lipinski definition) is 2. The van der Waals surface area contributed by atoms with Gasteiger partial charge in [0, 0.05) is 19.8 Å². The third kappa shape index (κ3) is 3.25. The maximum Gasteiger partial charge on any atom is 0.148 e. The quantitative estimate of drug-likeness (QED) is 0.673. The number of hydrogen-bond donors (Lipinski definition) is 1. The van der Waals surface area contributed by atoms with E-state index in [0.29, 0.717) is 10.0 Å². The molecule has 2 aromatic rings. The van der Waals surface area contributed by atoms with E-state index in [0.717, 1.165) is 17.8 Å². The maximum atomic E-state index is 14.4. The fraction of sp³-hybridized carbons (Fsp3) is 0.333. The Hall–Kier alpha value is -0.420. The molecule has 1 atom stereocenters. The van der Waals surface area contributed by atoms with Crippen LogP contribution >= 0.6 is 38.9 Å². The molecule has 2 rings (SSSR count). The van der Waals surface area contributed by atoms with Gasteiger partial charge in [-0.2, -0.15) is 0 Å². The Morgan fingerprint density at radius 1 is 1.30 bits per heavy atom. The molecule has 1 heterocycles. The predicted octanol–water partition coefficient (Wildman–Crippen LogP) is 5.56. The highest BCUT2D eigenvalue weighted by atomic mass is 79.9. The van der Waals surface area contributed by atoms with Crippen LogP contribution in [-0.4, -0.2) is 6.54 Å². The molecular formula is C15H16BrClFNS. The van der Waals surface area contributed by atoms with Crippen molar-refractivity contribution >= 4 is 38.9 Å². The lowest BCUT2D eigenvalue weighted by Gasteiger charge is -2.18. The van der Waals surface area contributed by atoms with Crippen molar-refractivity contribution in [2.45, 2.75) is 26.3 Å². The lowest BCUT2D eigenvalue weighted by Crippen LogP contribution is -2.22. The highest BCUT2D eigenvalue weighted by molar-refractivity contribution is 9.10. The lowest BCUT2D eigenvalue weighted by atomic mass is 10.0. The van der Waals surface area contributed by atoms with Gasteiger partial charge in [-0.3, -0.25) is 0 Å². The molecule has 1 aromatic carbocycles. The van der Waals surface area contributed by atoms with Gasteiger partial charge in [0.05, 0.1) is 11.1 Å². The van der Waals surface area contributed by atoms with E-state index in [9.17, 15) is 4.39 Å². The standard InChI is InChI=1S/C15H16BrClFNS/c1-3-9-5-8-12(20-9)15(19-4-2)10-6-7-11(16)13(17)14(10)18/h5-8,15,19H,3-4H2,1-2H3. The summed E-state index contributed by atoms with van der Waals surface area (Å²) in [6.07, 6.45) is 0.993. The molecule has 0 aliphatic rings. The normalized spacial score (nSPS) is 12.7. The van der Waals surface area contributed by atoms with E-state index in [1.807, 2.05) is 6.92 Å². The SMILES string of the molecule is CCNC(c1ccc(CC)s1)c1ccc(Br)c(Cl)c1F. The van der Waals surface area contributed by atoms with Crippen molar-refractivity contribution in [3.8, 4) is 0 Å². The van der Waals surface area contributed by atoms with E-state index in [1.54, 1.807) is 23.5 Å². The highest BCUT2D eigenvalue weighted by Crippen LogP contribution is 2.35. The molecule has 0 aliphatic heterocycles. The molecule has 108 valence electrons. The molecule has 1 unspecified atom stereocenters. The van der Waals surface area contributed by atoms with Crippen LogP contribution in [0.4, 0.5) is 4.39 Å².